The molecule has 0 aliphatic rings. The number of halogens is 1. The third kappa shape index (κ3) is 3.23. The van der Waals surface area contributed by atoms with Gasteiger partial charge in [-0.3, -0.25) is 4.98 Å². The zero-order valence-corrected chi connectivity index (χ0v) is 12.8. The normalized spacial score (nSPS) is 12.1. The molecule has 0 radical (unpaired) electrons. The zero-order chi connectivity index (χ0) is 16.4. The third-order valence-electron chi connectivity index (χ3n) is 3.81. The summed E-state index contributed by atoms with van der Waals surface area (Å²) in [6, 6.07) is 12.8. The summed E-state index contributed by atoms with van der Waals surface area (Å²) < 4.78 is 14.4. The molecule has 1 heterocycles. The largest absolute Gasteiger partial charge is 0.380 e. The molecule has 0 aliphatic carbocycles. The summed E-state index contributed by atoms with van der Waals surface area (Å²) in [4.78, 5) is 4.36. The topological polar surface area (TPSA) is 33.1 Å². The lowest BCUT2D eigenvalue weighted by atomic mass is 10.0. The molecule has 1 atom stereocenters. The average Bonchev–Trinajstić information content (AvgIpc) is 2.54. The molecule has 0 amide bonds. The van der Waals surface area contributed by atoms with Crippen molar-refractivity contribution in [2.75, 3.05) is 0 Å². The molecule has 0 saturated heterocycles. The van der Waals surface area contributed by atoms with Gasteiger partial charge in [-0.15, -0.1) is 6.42 Å². The second-order valence-electron chi connectivity index (χ2n) is 5.62. The third-order valence-corrected chi connectivity index (χ3v) is 3.81. The number of aromatic nitrogens is 1. The number of benzene rings is 2. The lowest BCUT2D eigenvalue weighted by molar-refractivity contribution is 0.233. The van der Waals surface area contributed by atoms with Gasteiger partial charge < -0.3 is 5.11 Å². The van der Waals surface area contributed by atoms with Gasteiger partial charge in [0.2, 0.25) is 0 Å². The van der Waals surface area contributed by atoms with E-state index in [9.17, 15) is 9.50 Å². The number of aliphatic hydroxyl groups excluding tert-OH is 1. The van der Waals surface area contributed by atoms with Gasteiger partial charge in [0.25, 0.3) is 0 Å². The quantitative estimate of drug-likeness (QED) is 0.745. The fourth-order valence-electron chi connectivity index (χ4n) is 2.58. The molecule has 0 fully saturated rings. The Morgan fingerprint density at radius 3 is 2.74 bits per heavy atom. The van der Waals surface area contributed by atoms with Crippen LogP contribution in [0.5, 0.6) is 0 Å². The summed E-state index contributed by atoms with van der Waals surface area (Å²) in [6.45, 7) is 2.02. The van der Waals surface area contributed by atoms with Crippen LogP contribution in [0, 0.1) is 25.1 Å². The number of rotatable bonds is 3. The number of pyridine rings is 1. The predicted molar refractivity (Wildman–Crippen MR) is 90.4 cm³/mol. The Hall–Kier alpha value is -2.70. The van der Waals surface area contributed by atoms with Crippen molar-refractivity contribution in [1.82, 2.24) is 4.98 Å². The number of aryl methyl sites for hydroxylation is 1. The van der Waals surface area contributed by atoms with Crippen LogP contribution in [-0.2, 0) is 6.42 Å². The van der Waals surface area contributed by atoms with E-state index in [0.29, 0.717) is 16.8 Å². The molecular weight excluding hydrogens is 289 g/mol. The Bertz CT molecular complexity index is 911. The summed E-state index contributed by atoms with van der Waals surface area (Å²) in [5.74, 6) is 1.85. The highest BCUT2D eigenvalue weighted by molar-refractivity contribution is 5.85. The molecule has 0 saturated carbocycles. The number of nitrogens with zero attached hydrogens (tertiary/aromatic N) is 1. The highest BCUT2D eigenvalue weighted by Gasteiger charge is 2.10. The lowest BCUT2D eigenvalue weighted by Gasteiger charge is -2.08. The molecule has 0 spiro atoms. The summed E-state index contributed by atoms with van der Waals surface area (Å²) in [5.41, 5.74) is 2.84. The van der Waals surface area contributed by atoms with Gasteiger partial charge in [0, 0.05) is 23.6 Å². The Balaban J connectivity index is 1.98. The van der Waals surface area contributed by atoms with E-state index in [1.165, 1.54) is 6.07 Å². The molecule has 3 heteroatoms. The molecule has 3 aromatic rings. The number of terminal acetylenes is 1. The first kappa shape index (κ1) is 15.2. The van der Waals surface area contributed by atoms with Crippen molar-refractivity contribution in [3.63, 3.8) is 0 Å². The van der Waals surface area contributed by atoms with E-state index in [0.717, 1.165) is 16.3 Å². The number of aliphatic hydroxyl groups is 1. The number of hydrogen-bond acceptors (Lipinski definition) is 2. The second kappa shape index (κ2) is 6.20. The van der Waals surface area contributed by atoms with Crippen LogP contribution in [0.3, 0.4) is 0 Å². The molecule has 0 aliphatic heterocycles. The zero-order valence-electron chi connectivity index (χ0n) is 12.8. The SMILES string of the molecule is C#CC(O)Cc1ccc(-c2cc3ccc(C)cc3cn2)c(F)c1. The van der Waals surface area contributed by atoms with Gasteiger partial charge in [0.1, 0.15) is 11.9 Å². The van der Waals surface area contributed by atoms with Gasteiger partial charge in [-0.1, -0.05) is 29.7 Å². The molecule has 3 rings (SSSR count). The van der Waals surface area contributed by atoms with E-state index in [4.69, 9.17) is 6.42 Å². The van der Waals surface area contributed by atoms with E-state index in [1.807, 2.05) is 31.2 Å². The van der Waals surface area contributed by atoms with Crippen molar-refractivity contribution < 1.29 is 9.50 Å². The summed E-state index contributed by atoms with van der Waals surface area (Å²) in [6.07, 6.45) is 6.23. The van der Waals surface area contributed by atoms with Crippen LogP contribution in [-0.4, -0.2) is 16.2 Å². The van der Waals surface area contributed by atoms with E-state index in [1.54, 1.807) is 18.3 Å². The van der Waals surface area contributed by atoms with Gasteiger partial charge in [0.15, 0.2) is 0 Å². The summed E-state index contributed by atoms with van der Waals surface area (Å²) in [5, 5.41) is 11.5. The van der Waals surface area contributed by atoms with Crippen LogP contribution in [0.2, 0.25) is 0 Å². The van der Waals surface area contributed by atoms with Crippen molar-refractivity contribution in [2.45, 2.75) is 19.4 Å². The van der Waals surface area contributed by atoms with Gasteiger partial charge in [-0.25, -0.2) is 4.39 Å². The van der Waals surface area contributed by atoms with Crippen LogP contribution in [0.1, 0.15) is 11.1 Å². The summed E-state index contributed by atoms with van der Waals surface area (Å²) >= 11 is 0. The first-order chi connectivity index (χ1) is 11.1. The van der Waals surface area contributed by atoms with Crippen molar-refractivity contribution in [3.05, 3.63) is 65.6 Å². The van der Waals surface area contributed by atoms with Crippen LogP contribution in [0.25, 0.3) is 22.0 Å². The van der Waals surface area contributed by atoms with Gasteiger partial charge >= 0.3 is 0 Å². The van der Waals surface area contributed by atoms with E-state index >= 15 is 0 Å². The maximum Gasteiger partial charge on any atom is 0.132 e. The van der Waals surface area contributed by atoms with Crippen LogP contribution < -0.4 is 0 Å². The molecule has 2 aromatic carbocycles. The first-order valence-electron chi connectivity index (χ1n) is 7.36. The Morgan fingerprint density at radius 2 is 2.00 bits per heavy atom. The second-order valence-corrected chi connectivity index (χ2v) is 5.62. The van der Waals surface area contributed by atoms with Crippen molar-refractivity contribution in [2.24, 2.45) is 0 Å². The van der Waals surface area contributed by atoms with Crippen molar-refractivity contribution in [3.8, 4) is 23.6 Å². The molecule has 1 unspecified atom stereocenters. The minimum atomic E-state index is -0.901. The molecule has 0 bridgehead atoms. The minimum Gasteiger partial charge on any atom is -0.380 e. The van der Waals surface area contributed by atoms with Crippen LogP contribution in [0.15, 0.2) is 48.7 Å². The Morgan fingerprint density at radius 1 is 1.17 bits per heavy atom. The van der Waals surface area contributed by atoms with Gasteiger partial charge in [0.05, 0.1) is 5.69 Å². The molecule has 2 nitrogen and oxygen atoms in total. The highest BCUT2D eigenvalue weighted by Crippen LogP contribution is 2.26. The first-order valence-corrected chi connectivity index (χ1v) is 7.36. The van der Waals surface area contributed by atoms with Gasteiger partial charge in [-0.05, 0) is 42.1 Å². The molecule has 1 N–H and O–H groups in total. The maximum atomic E-state index is 14.4. The molecule has 114 valence electrons. The van der Waals surface area contributed by atoms with Gasteiger partial charge in [-0.2, -0.15) is 0 Å². The monoisotopic (exact) mass is 305 g/mol. The molecular formula is C20H16FNO. The Labute approximate surface area is 134 Å². The van der Waals surface area contributed by atoms with E-state index in [-0.39, 0.29) is 12.2 Å². The minimum absolute atomic E-state index is 0.234. The average molecular weight is 305 g/mol. The fourth-order valence-corrected chi connectivity index (χ4v) is 2.58. The lowest BCUT2D eigenvalue weighted by Crippen LogP contribution is -2.07. The standard InChI is InChI=1S/C20H16FNO/c1-3-17(23)9-14-5-7-18(19(21)10-14)20-11-15-6-4-13(2)8-16(15)12-22-20/h1,4-8,10-12,17,23H,9H2,2H3. The van der Waals surface area contributed by atoms with Crippen LogP contribution in [0.4, 0.5) is 4.39 Å². The van der Waals surface area contributed by atoms with Crippen molar-refractivity contribution in [1.29, 1.82) is 0 Å². The predicted octanol–water partition coefficient (Wildman–Crippen LogP) is 3.89. The maximum absolute atomic E-state index is 14.4. The van der Waals surface area contributed by atoms with E-state index in [2.05, 4.69) is 10.9 Å². The van der Waals surface area contributed by atoms with E-state index < -0.39 is 6.10 Å². The number of fused-ring (bicyclic) bond motifs is 1. The smallest absolute Gasteiger partial charge is 0.132 e. The Kier molecular flexibility index (Phi) is 4.10. The molecule has 1 aromatic heterocycles. The fraction of sp³-hybridized carbons (Fsp3) is 0.150. The van der Waals surface area contributed by atoms with Crippen molar-refractivity contribution >= 4 is 10.8 Å². The summed E-state index contributed by atoms with van der Waals surface area (Å²) in [7, 11) is 0. The number of hydrogen-bond donors (Lipinski definition) is 1. The van der Waals surface area contributed by atoms with Crippen LogP contribution >= 0.6 is 0 Å². The molecule has 23 heavy (non-hydrogen) atoms. The highest BCUT2D eigenvalue weighted by atomic mass is 19.1.